The Morgan fingerprint density at radius 3 is 2.13 bits per heavy atom. The average Bonchev–Trinajstić information content (AvgIpc) is 3.16. The number of nitrogens with zero attached hydrogens (tertiary/aromatic N) is 2. The monoisotopic (exact) mass is 403 g/mol. The standard InChI is InChI=1S/C24H22FN3O2/c1-3-28-21-14-18(22(29)26-2)19(25)15-20(21)27-23(28)24(30,16-10-6-4-7-11-16)17-12-8-5-9-13-17/h4-15,30H,3H2,1-2H3,(H,26,29). The second-order valence-corrected chi connectivity index (χ2v) is 7.02. The minimum atomic E-state index is -1.55. The molecule has 0 radical (unpaired) electrons. The Bertz CT molecular complexity index is 1160. The lowest BCUT2D eigenvalue weighted by Gasteiger charge is -2.29. The number of benzene rings is 3. The molecule has 6 heteroatoms. The first-order valence-electron chi connectivity index (χ1n) is 9.76. The molecule has 30 heavy (non-hydrogen) atoms. The number of amides is 1. The minimum absolute atomic E-state index is 0.0610. The summed E-state index contributed by atoms with van der Waals surface area (Å²) in [6, 6.07) is 21.2. The predicted molar refractivity (Wildman–Crippen MR) is 114 cm³/mol. The summed E-state index contributed by atoms with van der Waals surface area (Å²) >= 11 is 0. The van der Waals surface area contributed by atoms with Crippen molar-refractivity contribution in [1.82, 2.24) is 14.9 Å². The fourth-order valence-corrected chi connectivity index (χ4v) is 3.83. The molecule has 152 valence electrons. The van der Waals surface area contributed by atoms with Crippen LogP contribution in [0.15, 0.2) is 72.8 Å². The number of aryl methyl sites for hydroxylation is 1. The maximum atomic E-state index is 14.6. The number of carbonyl (C=O) groups excluding carboxylic acids is 1. The van der Waals surface area contributed by atoms with Gasteiger partial charge in [-0.25, -0.2) is 9.37 Å². The van der Waals surface area contributed by atoms with Crippen LogP contribution in [-0.2, 0) is 12.1 Å². The molecule has 0 saturated heterocycles. The minimum Gasteiger partial charge on any atom is -0.373 e. The zero-order chi connectivity index (χ0) is 21.3. The molecular formula is C24H22FN3O2. The summed E-state index contributed by atoms with van der Waals surface area (Å²) in [6.07, 6.45) is 0. The quantitative estimate of drug-likeness (QED) is 0.532. The first-order valence-corrected chi connectivity index (χ1v) is 9.76. The number of imidazole rings is 1. The highest BCUT2D eigenvalue weighted by Gasteiger charge is 2.39. The van der Waals surface area contributed by atoms with Gasteiger partial charge in [0.15, 0.2) is 11.4 Å². The van der Waals surface area contributed by atoms with Gasteiger partial charge in [0.05, 0.1) is 16.6 Å². The lowest BCUT2D eigenvalue weighted by Crippen LogP contribution is -2.32. The van der Waals surface area contributed by atoms with Crippen LogP contribution >= 0.6 is 0 Å². The molecule has 0 aliphatic rings. The molecule has 0 aliphatic heterocycles. The zero-order valence-corrected chi connectivity index (χ0v) is 16.8. The molecule has 0 fully saturated rings. The molecule has 5 nitrogen and oxygen atoms in total. The molecule has 4 rings (SSSR count). The smallest absolute Gasteiger partial charge is 0.254 e. The lowest BCUT2D eigenvalue weighted by atomic mass is 9.85. The van der Waals surface area contributed by atoms with Crippen molar-refractivity contribution in [2.24, 2.45) is 0 Å². The van der Waals surface area contributed by atoms with Crippen LogP contribution in [0, 0.1) is 5.82 Å². The van der Waals surface area contributed by atoms with E-state index in [2.05, 4.69) is 10.3 Å². The van der Waals surface area contributed by atoms with E-state index in [-0.39, 0.29) is 5.56 Å². The van der Waals surface area contributed by atoms with Gasteiger partial charge in [-0.15, -0.1) is 0 Å². The van der Waals surface area contributed by atoms with Gasteiger partial charge in [-0.2, -0.15) is 0 Å². The van der Waals surface area contributed by atoms with Crippen LogP contribution in [0.4, 0.5) is 4.39 Å². The third-order valence-corrected chi connectivity index (χ3v) is 5.33. The van der Waals surface area contributed by atoms with E-state index in [0.29, 0.717) is 34.5 Å². The van der Waals surface area contributed by atoms with Gasteiger partial charge in [0, 0.05) is 19.7 Å². The third-order valence-electron chi connectivity index (χ3n) is 5.33. The first-order chi connectivity index (χ1) is 14.5. The average molecular weight is 403 g/mol. The molecule has 0 bridgehead atoms. The molecule has 1 aromatic heterocycles. The first kappa shape index (κ1) is 19.8. The van der Waals surface area contributed by atoms with Crippen LogP contribution in [0.2, 0.25) is 0 Å². The second-order valence-electron chi connectivity index (χ2n) is 7.02. The molecule has 0 atom stereocenters. The number of halogens is 1. The van der Waals surface area contributed by atoms with Crippen LogP contribution in [0.1, 0.15) is 34.2 Å². The lowest BCUT2D eigenvalue weighted by molar-refractivity contribution is 0.0959. The van der Waals surface area contributed by atoms with Gasteiger partial charge in [-0.05, 0) is 24.1 Å². The molecule has 1 amide bonds. The van der Waals surface area contributed by atoms with Crippen molar-refractivity contribution in [1.29, 1.82) is 0 Å². The molecule has 0 unspecified atom stereocenters. The van der Waals surface area contributed by atoms with Gasteiger partial charge in [-0.3, -0.25) is 4.79 Å². The van der Waals surface area contributed by atoms with Gasteiger partial charge in [0.2, 0.25) is 0 Å². The Labute approximate surface area is 173 Å². The van der Waals surface area contributed by atoms with E-state index in [1.54, 1.807) is 0 Å². The van der Waals surface area contributed by atoms with Crippen molar-refractivity contribution >= 4 is 16.9 Å². The van der Waals surface area contributed by atoms with Crippen molar-refractivity contribution < 1.29 is 14.3 Å². The highest BCUT2D eigenvalue weighted by Crippen LogP contribution is 2.38. The fraction of sp³-hybridized carbons (Fsp3) is 0.167. The van der Waals surface area contributed by atoms with Gasteiger partial charge in [0.25, 0.3) is 5.91 Å². The van der Waals surface area contributed by atoms with Gasteiger partial charge in [0.1, 0.15) is 5.82 Å². The number of carbonyl (C=O) groups is 1. The number of aliphatic hydroxyl groups is 1. The SMILES string of the molecule is CCn1c(C(O)(c2ccccc2)c2ccccc2)nc2cc(F)c(C(=O)NC)cc21. The van der Waals surface area contributed by atoms with Crippen molar-refractivity contribution in [2.45, 2.75) is 19.1 Å². The maximum Gasteiger partial charge on any atom is 0.254 e. The summed E-state index contributed by atoms with van der Waals surface area (Å²) in [5.74, 6) is -0.802. The number of hydrogen-bond acceptors (Lipinski definition) is 3. The molecule has 0 spiro atoms. The number of hydrogen-bond donors (Lipinski definition) is 2. The van der Waals surface area contributed by atoms with Gasteiger partial charge >= 0.3 is 0 Å². The Balaban J connectivity index is 2.05. The molecule has 0 aliphatic carbocycles. The summed E-state index contributed by atoms with van der Waals surface area (Å²) < 4.78 is 16.4. The van der Waals surface area contributed by atoms with Gasteiger partial charge in [-0.1, -0.05) is 60.7 Å². The summed E-state index contributed by atoms with van der Waals surface area (Å²) in [5, 5.41) is 14.5. The zero-order valence-electron chi connectivity index (χ0n) is 16.8. The summed E-state index contributed by atoms with van der Waals surface area (Å²) in [4.78, 5) is 16.7. The fourth-order valence-electron chi connectivity index (χ4n) is 3.83. The van der Waals surface area contributed by atoms with E-state index in [1.165, 1.54) is 19.2 Å². The molecule has 3 aromatic carbocycles. The number of rotatable bonds is 5. The summed E-state index contributed by atoms with van der Waals surface area (Å²) in [7, 11) is 1.46. The van der Waals surface area contributed by atoms with Crippen molar-refractivity contribution in [3.05, 3.63) is 101 Å². The van der Waals surface area contributed by atoms with E-state index >= 15 is 0 Å². The Hall–Kier alpha value is -3.51. The molecule has 2 N–H and O–H groups in total. The van der Waals surface area contributed by atoms with Crippen LogP contribution < -0.4 is 5.32 Å². The third kappa shape index (κ3) is 3.06. The molecule has 1 heterocycles. The highest BCUT2D eigenvalue weighted by molar-refractivity contribution is 5.97. The molecular weight excluding hydrogens is 381 g/mol. The Kier molecular flexibility index (Phi) is 5.10. The van der Waals surface area contributed by atoms with E-state index in [9.17, 15) is 14.3 Å². The molecule has 4 aromatic rings. The van der Waals surface area contributed by atoms with Crippen LogP contribution in [0.25, 0.3) is 11.0 Å². The predicted octanol–water partition coefficient (Wildman–Crippen LogP) is 3.84. The van der Waals surface area contributed by atoms with Crippen molar-refractivity contribution in [3.63, 3.8) is 0 Å². The normalized spacial score (nSPS) is 11.6. The van der Waals surface area contributed by atoms with Crippen molar-refractivity contribution in [3.8, 4) is 0 Å². The van der Waals surface area contributed by atoms with E-state index in [1.807, 2.05) is 72.2 Å². The van der Waals surface area contributed by atoms with Crippen LogP contribution in [-0.4, -0.2) is 27.6 Å². The number of aromatic nitrogens is 2. The highest BCUT2D eigenvalue weighted by atomic mass is 19.1. The van der Waals surface area contributed by atoms with E-state index in [4.69, 9.17) is 0 Å². The van der Waals surface area contributed by atoms with Crippen LogP contribution in [0.3, 0.4) is 0 Å². The van der Waals surface area contributed by atoms with Crippen LogP contribution in [0.5, 0.6) is 0 Å². The summed E-state index contributed by atoms with van der Waals surface area (Å²) in [6.45, 7) is 2.40. The van der Waals surface area contributed by atoms with E-state index < -0.39 is 17.3 Å². The number of fused-ring (bicyclic) bond motifs is 1. The summed E-state index contributed by atoms with van der Waals surface area (Å²) in [5.41, 5.74) is 0.636. The largest absolute Gasteiger partial charge is 0.373 e. The Morgan fingerprint density at radius 2 is 1.63 bits per heavy atom. The molecule has 0 saturated carbocycles. The van der Waals surface area contributed by atoms with Crippen molar-refractivity contribution in [2.75, 3.05) is 7.05 Å². The van der Waals surface area contributed by atoms with Gasteiger partial charge < -0.3 is 15.0 Å². The number of nitrogens with one attached hydrogen (secondary N) is 1. The second kappa shape index (κ2) is 7.72. The topological polar surface area (TPSA) is 67.1 Å². The van der Waals surface area contributed by atoms with E-state index in [0.717, 1.165) is 0 Å². The maximum absolute atomic E-state index is 14.6. The Morgan fingerprint density at radius 1 is 1.07 bits per heavy atom.